The minimum Gasteiger partial charge on any atom is -0.468 e. The van der Waals surface area contributed by atoms with E-state index in [9.17, 15) is 8.42 Å². The van der Waals surface area contributed by atoms with E-state index < -0.39 is 10.0 Å². The largest absolute Gasteiger partial charge is 0.468 e. The zero-order chi connectivity index (χ0) is 11.1. The van der Waals surface area contributed by atoms with E-state index in [2.05, 4.69) is 10.0 Å². The number of rotatable bonds is 7. The zero-order valence-electron chi connectivity index (χ0n) is 8.69. The van der Waals surface area contributed by atoms with E-state index in [0.717, 1.165) is 5.76 Å². The van der Waals surface area contributed by atoms with E-state index in [1.165, 1.54) is 0 Å². The van der Waals surface area contributed by atoms with E-state index in [1.807, 2.05) is 12.1 Å². The molecule has 1 rings (SSSR count). The Bertz CT molecular complexity index is 359. The highest BCUT2D eigenvalue weighted by atomic mass is 32.2. The van der Waals surface area contributed by atoms with Gasteiger partial charge in [0.05, 0.1) is 18.6 Å². The molecule has 0 fully saturated rings. The lowest BCUT2D eigenvalue weighted by molar-refractivity contribution is 0.483. The average molecular weight is 232 g/mol. The zero-order valence-corrected chi connectivity index (χ0v) is 9.51. The van der Waals surface area contributed by atoms with Crippen LogP contribution in [0.25, 0.3) is 0 Å². The molecule has 5 nitrogen and oxygen atoms in total. The van der Waals surface area contributed by atoms with Gasteiger partial charge in [-0.05, 0) is 19.1 Å². The lowest BCUT2D eigenvalue weighted by Gasteiger charge is -2.04. The van der Waals surface area contributed by atoms with Crippen LogP contribution in [0, 0.1) is 0 Å². The molecule has 0 aliphatic heterocycles. The van der Waals surface area contributed by atoms with Crippen LogP contribution in [-0.2, 0) is 16.6 Å². The van der Waals surface area contributed by atoms with Crippen molar-refractivity contribution in [2.75, 3.05) is 18.8 Å². The van der Waals surface area contributed by atoms with E-state index in [-0.39, 0.29) is 5.75 Å². The van der Waals surface area contributed by atoms with Gasteiger partial charge in [0.1, 0.15) is 5.76 Å². The maximum absolute atomic E-state index is 11.0. The van der Waals surface area contributed by atoms with Gasteiger partial charge in [-0.2, -0.15) is 0 Å². The van der Waals surface area contributed by atoms with Crippen LogP contribution in [0.2, 0.25) is 0 Å². The molecular formula is C9H16N2O3S. The average Bonchev–Trinajstić information content (AvgIpc) is 2.70. The highest BCUT2D eigenvalue weighted by Crippen LogP contribution is 1.97. The summed E-state index contributed by atoms with van der Waals surface area (Å²) in [7, 11) is -3.07. The van der Waals surface area contributed by atoms with Gasteiger partial charge in [-0.15, -0.1) is 0 Å². The van der Waals surface area contributed by atoms with Gasteiger partial charge in [-0.3, -0.25) is 0 Å². The van der Waals surface area contributed by atoms with E-state index >= 15 is 0 Å². The number of furan rings is 1. The Morgan fingerprint density at radius 3 is 2.80 bits per heavy atom. The quantitative estimate of drug-likeness (QED) is 0.664. The Morgan fingerprint density at radius 1 is 1.40 bits per heavy atom. The predicted octanol–water partition coefficient (Wildman–Crippen LogP) is 0.309. The Balaban J connectivity index is 2.08. The van der Waals surface area contributed by atoms with Gasteiger partial charge in [0.25, 0.3) is 0 Å². The van der Waals surface area contributed by atoms with Crippen LogP contribution in [0.4, 0.5) is 0 Å². The molecule has 15 heavy (non-hydrogen) atoms. The molecule has 0 aliphatic rings. The van der Waals surface area contributed by atoms with Crippen molar-refractivity contribution in [3.8, 4) is 0 Å². The van der Waals surface area contributed by atoms with Gasteiger partial charge >= 0.3 is 0 Å². The van der Waals surface area contributed by atoms with E-state index in [1.54, 1.807) is 13.2 Å². The van der Waals surface area contributed by atoms with E-state index in [0.29, 0.717) is 19.6 Å². The van der Waals surface area contributed by atoms with Crippen LogP contribution < -0.4 is 10.0 Å². The number of sulfonamides is 1. The summed E-state index contributed by atoms with van der Waals surface area (Å²) < 4.78 is 29.6. The second-order valence-corrected chi connectivity index (χ2v) is 5.15. The SMILES string of the molecule is CCS(=O)(=O)NCCNCc1ccco1. The molecule has 1 aromatic heterocycles. The van der Waals surface area contributed by atoms with Crippen LogP contribution >= 0.6 is 0 Å². The Labute approximate surface area is 89.9 Å². The van der Waals surface area contributed by atoms with Crippen LogP contribution in [0.15, 0.2) is 22.8 Å². The summed E-state index contributed by atoms with van der Waals surface area (Å²) in [6.07, 6.45) is 1.61. The summed E-state index contributed by atoms with van der Waals surface area (Å²) in [6.45, 7) is 3.20. The molecule has 0 unspecified atom stereocenters. The molecular weight excluding hydrogens is 216 g/mol. The highest BCUT2D eigenvalue weighted by Gasteiger charge is 2.03. The molecule has 0 bridgehead atoms. The second kappa shape index (κ2) is 5.89. The second-order valence-electron chi connectivity index (χ2n) is 3.05. The van der Waals surface area contributed by atoms with Crippen molar-refractivity contribution in [1.82, 2.24) is 10.0 Å². The van der Waals surface area contributed by atoms with Crippen LogP contribution in [0.3, 0.4) is 0 Å². The molecule has 86 valence electrons. The van der Waals surface area contributed by atoms with E-state index in [4.69, 9.17) is 4.42 Å². The molecule has 0 aromatic carbocycles. The van der Waals surface area contributed by atoms with Crippen LogP contribution in [-0.4, -0.2) is 27.3 Å². The fraction of sp³-hybridized carbons (Fsp3) is 0.556. The van der Waals surface area contributed by atoms with Crippen molar-refractivity contribution in [1.29, 1.82) is 0 Å². The molecule has 0 radical (unpaired) electrons. The molecule has 0 atom stereocenters. The van der Waals surface area contributed by atoms with Gasteiger partial charge in [0, 0.05) is 13.1 Å². The molecule has 1 aromatic rings. The van der Waals surface area contributed by atoms with Gasteiger partial charge in [-0.25, -0.2) is 13.1 Å². The number of hydrogen-bond donors (Lipinski definition) is 2. The summed E-state index contributed by atoms with van der Waals surface area (Å²) in [6, 6.07) is 3.68. The van der Waals surface area contributed by atoms with Crippen molar-refractivity contribution >= 4 is 10.0 Å². The first-order valence-electron chi connectivity index (χ1n) is 4.84. The van der Waals surface area contributed by atoms with Crippen molar-refractivity contribution < 1.29 is 12.8 Å². The van der Waals surface area contributed by atoms with Gasteiger partial charge in [0.2, 0.25) is 10.0 Å². The maximum Gasteiger partial charge on any atom is 0.211 e. The van der Waals surface area contributed by atoms with Gasteiger partial charge in [0.15, 0.2) is 0 Å². The van der Waals surface area contributed by atoms with Crippen molar-refractivity contribution in [2.45, 2.75) is 13.5 Å². The first-order valence-corrected chi connectivity index (χ1v) is 6.49. The third-order valence-electron chi connectivity index (χ3n) is 1.88. The summed E-state index contributed by atoms with van der Waals surface area (Å²) >= 11 is 0. The standard InChI is InChI=1S/C9H16N2O3S/c1-2-15(12,13)11-6-5-10-8-9-4-3-7-14-9/h3-4,7,10-11H,2,5-6,8H2,1H3. The van der Waals surface area contributed by atoms with Gasteiger partial charge in [-0.1, -0.05) is 0 Å². The molecule has 0 spiro atoms. The fourth-order valence-electron chi connectivity index (χ4n) is 1.02. The molecule has 0 aliphatic carbocycles. The topological polar surface area (TPSA) is 71.3 Å². The number of hydrogen-bond acceptors (Lipinski definition) is 4. The summed E-state index contributed by atoms with van der Waals surface area (Å²) in [5, 5.41) is 3.06. The third kappa shape index (κ3) is 4.96. The van der Waals surface area contributed by atoms with Crippen molar-refractivity contribution in [3.63, 3.8) is 0 Å². The van der Waals surface area contributed by atoms with Crippen LogP contribution in [0.5, 0.6) is 0 Å². The Kier molecular flexibility index (Phi) is 4.80. The predicted molar refractivity (Wildman–Crippen MR) is 57.9 cm³/mol. The Hall–Kier alpha value is -0.850. The minimum absolute atomic E-state index is 0.116. The fourth-order valence-corrected chi connectivity index (χ4v) is 1.64. The molecule has 0 saturated carbocycles. The summed E-state index contributed by atoms with van der Waals surface area (Å²) in [4.78, 5) is 0. The summed E-state index contributed by atoms with van der Waals surface area (Å²) in [5.41, 5.74) is 0. The lowest BCUT2D eigenvalue weighted by atomic mass is 10.4. The van der Waals surface area contributed by atoms with Crippen molar-refractivity contribution in [2.24, 2.45) is 0 Å². The first kappa shape index (κ1) is 12.2. The smallest absolute Gasteiger partial charge is 0.211 e. The maximum atomic E-state index is 11.0. The molecule has 2 N–H and O–H groups in total. The van der Waals surface area contributed by atoms with Crippen LogP contribution in [0.1, 0.15) is 12.7 Å². The minimum atomic E-state index is -3.07. The molecule has 1 heterocycles. The molecule has 0 amide bonds. The lowest BCUT2D eigenvalue weighted by Crippen LogP contribution is -2.32. The summed E-state index contributed by atoms with van der Waals surface area (Å²) in [5.74, 6) is 0.957. The Morgan fingerprint density at radius 2 is 2.20 bits per heavy atom. The number of nitrogens with one attached hydrogen (secondary N) is 2. The van der Waals surface area contributed by atoms with Crippen molar-refractivity contribution in [3.05, 3.63) is 24.2 Å². The highest BCUT2D eigenvalue weighted by molar-refractivity contribution is 7.89. The molecule has 6 heteroatoms. The molecule has 0 saturated heterocycles. The third-order valence-corrected chi connectivity index (χ3v) is 3.29. The monoisotopic (exact) mass is 232 g/mol. The van der Waals surface area contributed by atoms with Gasteiger partial charge < -0.3 is 9.73 Å². The first-order chi connectivity index (χ1) is 7.14. The normalized spacial score (nSPS) is 11.8.